The molecule has 1 fully saturated rings. The van der Waals surface area contributed by atoms with Gasteiger partial charge in [0.15, 0.2) is 5.43 Å². The standard InChI is InChI=1S/C24H31ClN2O2/c1-3-10-21-23(24(29)26-20-14-9-8-13-19(20)25)22(28)15-18(4-2)27(21)16-17-11-6-5-7-12-17/h8-9,13-15,17H,3-7,10-12,16H2,1-2H3,(H,26,29). The van der Waals surface area contributed by atoms with Crippen LogP contribution in [0.25, 0.3) is 0 Å². The smallest absolute Gasteiger partial charge is 0.261 e. The van der Waals surface area contributed by atoms with Gasteiger partial charge < -0.3 is 9.88 Å². The molecule has 0 radical (unpaired) electrons. The number of nitrogens with zero attached hydrogens (tertiary/aromatic N) is 1. The third kappa shape index (κ3) is 5.11. The molecule has 0 bridgehead atoms. The summed E-state index contributed by atoms with van der Waals surface area (Å²) in [6.07, 6.45) is 8.68. The van der Waals surface area contributed by atoms with Gasteiger partial charge in [0, 0.05) is 24.0 Å². The summed E-state index contributed by atoms with van der Waals surface area (Å²) < 4.78 is 2.27. The van der Waals surface area contributed by atoms with E-state index in [0.717, 1.165) is 30.8 Å². The molecule has 3 rings (SSSR count). The SMILES string of the molecule is CCCc1c(C(=O)Nc2ccccc2Cl)c(=O)cc(CC)n1CC1CCCCC1. The molecule has 156 valence electrons. The van der Waals surface area contributed by atoms with Crippen LogP contribution in [0, 0.1) is 5.92 Å². The quantitative estimate of drug-likeness (QED) is 0.617. The highest BCUT2D eigenvalue weighted by Crippen LogP contribution is 2.27. The fourth-order valence-corrected chi connectivity index (χ4v) is 4.57. The summed E-state index contributed by atoms with van der Waals surface area (Å²) >= 11 is 6.21. The lowest BCUT2D eigenvalue weighted by Gasteiger charge is -2.27. The molecule has 1 N–H and O–H groups in total. The highest BCUT2D eigenvalue weighted by molar-refractivity contribution is 6.33. The number of hydrogen-bond acceptors (Lipinski definition) is 2. The van der Waals surface area contributed by atoms with Crippen molar-refractivity contribution in [3.63, 3.8) is 0 Å². The lowest BCUT2D eigenvalue weighted by Crippen LogP contribution is -2.30. The minimum absolute atomic E-state index is 0.199. The summed E-state index contributed by atoms with van der Waals surface area (Å²) in [6, 6.07) is 8.76. The molecule has 4 nitrogen and oxygen atoms in total. The number of aromatic nitrogens is 1. The third-order valence-electron chi connectivity index (χ3n) is 5.87. The van der Waals surface area contributed by atoms with Crippen molar-refractivity contribution >= 4 is 23.2 Å². The monoisotopic (exact) mass is 414 g/mol. The maximum absolute atomic E-state index is 13.1. The lowest BCUT2D eigenvalue weighted by atomic mass is 9.88. The van der Waals surface area contributed by atoms with Crippen LogP contribution >= 0.6 is 11.6 Å². The van der Waals surface area contributed by atoms with Crippen molar-refractivity contribution in [3.8, 4) is 0 Å². The van der Waals surface area contributed by atoms with E-state index in [1.807, 2.05) is 12.1 Å². The molecule has 1 aliphatic rings. The van der Waals surface area contributed by atoms with E-state index in [1.54, 1.807) is 18.2 Å². The lowest BCUT2D eigenvalue weighted by molar-refractivity contribution is 0.102. The van der Waals surface area contributed by atoms with E-state index in [-0.39, 0.29) is 16.9 Å². The van der Waals surface area contributed by atoms with Gasteiger partial charge >= 0.3 is 0 Å². The molecule has 1 heterocycles. The average molecular weight is 415 g/mol. The number of nitrogens with one attached hydrogen (secondary N) is 1. The second-order valence-electron chi connectivity index (χ2n) is 7.97. The number of carbonyl (C=O) groups is 1. The zero-order chi connectivity index (χ0) is 20.8. The van der Waals surface area contributed by atoms with Crippen LogP contribution in [0.3, 0.4) is 0 Å². The van der Waals surface area contributed by atoms with Crippen LogP contribution in [0.2, 0.25) is 5.02 Å². The Morgan fingerprint density at radius 2 is 1.90 bits per heavy atom. The van der Waals surface area contributed by atoms with Crippen molar-refractivity contribution in [1.29, 1.82) is 0 Å². The molecular formula is C24H31ClN2O2. The highest BCUT2D eigenvalue weighted by atomic mass is 35.5. The number of anilines is 1. The summed E-state index contributed by atoms with van der Waals surface area (Å²) in [6.45, 7) is 5.06. The Hall–Kier alpha value is -2.07. The first-order valence-electron chi connectivity index (χ1n) is 10.9. The number of benzene rings is 1. The van der Waals surface area contributed by atoms with E-state index in [0.29, 0.717) is 23.0 Å². The van der Waals surface area contributed by atoms with Crippen molar-refractivity contribution in [2.24, 2.45) is 5.92 Å². The molecule has 0 atom stereocenters. The summed E-state index contributed by atoms with van der Waals surface area (Å²) in [7, 11) is 0. The van der Waals surface area contributed by atoms with Crippen molar-refractivity contribution in [2.45, 2.75) is 71.8 Å². The van der Waals surface area contributed by atoms with Gasteiger partial charge in [-0.25, -0.2) is 0 Å². The highest BCUT2D eigenvalue weighted by Gasteiger charge is 2.23. The summed E-state index contributed by atoms with van der Waals surface area (Å²) in [5, 5.41) is 3.31. The normalized spacial score (nSPS) is 14.7. The zero-order valence-corrected chi connectivity index (χ0v) is 18.2. The van der Waals surface area contributed by atoms with Gasteiger partial charge in [-0.3, -0.25) is 9.59 Å². The van der Waals surface area contributed by atoms with E-state index < -0.39 is 0 Å². The number of rotatable bonds is 7. The molecule has 2 aromatic rings. The minimum atomic E-state index is -0.369. The van der Waals surface area contributed by atoms with E-state index in [2.05, 4.69) is 23.7 Å². The van der Waals surface area contributed by atoms with Gasteiger partial charge in [-0.05, 0) is 43.7 Å². The summed E-state index contributed by atoms with van der Waals surface area (Å²) in [5.41, 5.74) is 2.49. The Balaban J connectivity index is 2.02. The molecule has 29 heavy (non-hydrogen) atoms. The molecule has 0 saturated heterocycles. The van der Waals surface area contributed by atoms with E-state index in [1.165, 1.54) is 32.1 Å². The van der Waals surface area contributed by atoms with Crippen LogP contribution in [0.1, 0.15) is 74.1 Å². The van der Waals surface area contributed by atoms with E-state index >= 15 is 0 Å². The maximum Gasteiger partial charge on any atom is 0.261 e. The first kappa shape index (κ1) is 21.6. The van der Waals surface area contributed by atoms with Gasteiger partial charge in [0.2, 0.25) is 0 Å². The molecule has 1 aromatic heterocycles. The van der Waals surface area contributed by atoms with Crippen LogP contribution in [-0.2, 0) is 19.4 Å². The maximum atomic E-state index is 13.1. The largest absolute Gasteiger partial charge is 0.347 e. The Morgan fingerprint density at radius 1 is 1.17 bits per heavy atom. The predicted molar refractivity (Wildman–Crippen MR) is 120 cm³/mol. The van der Waals surface area contributed by atoms with Gasteiger partial charge in [-0.1, -0.05) is 63.3 Å². The Kier molecular flexibility index (Phi) is 7.54. The number of pyridine rings is 1. The van der Waals surface area contributed by atoms with Crippen molar-refractivity contribution < 1.29 is 4.79 Å². The van der Waals surface area contributed by atoms with E-state index in [4.69, 9.17) is 11.6 Å². The second kappa shape index (κ2) is 10.1. The van der Waals surface area contributed by atoms with Crippen molar-refractivity contribution in [2.75, 3.05) is 5.32 Å². The molecule has 5 heteroatoms. The molecule has 0 spiro atoms. The average Bonchev–Trinajstić information content (AvgIpc) is 2.72. The molecule has 1 aliphatic carbocycles. The molecular weight excluding hydrogens is 384 g/mol. The first-order valence-corrected chi connectivity index (χ1v) is 11.2. The van der Waals surface area contributed by atoms with Crippen LogP contribution in [0.4, 0.5) is 5.69 Å². The Labute approximate surface area is 178 Å². The predicted octanol–water partition coefficient (Wildman–Crippen LogP) is 5.85. The zero-order valence-electron chi connectivity index (χ0n) is 17.5. The van der Waals surface area contributed by atoms with Gasteiger partial charge in [0.05, 0.1) is 10.7 Å². The first-order chi connectivity index (χ1) is 14.0. The molecule has 0 aliphatic heterocycles. The summed E-state index contributed by atoms with van der Waals surface area (Å²) in [5.74, 6) is 0.248. The van der Waals surface area contributed by atoms with Crippen LogP contribution in [-0.4, -0.2) is 10.5 Å². The molecule has 1 amide bonds. The van der Waals surface area contributed by atoms with Crippen LogP contribution < -0.4 is 10.7 Å². The number of hydrogen-bond donors (Lipinski definition) is 1. The topological polar surface area (TPSA) is 51.1 Å². The van der Waals surface area contributed by atoms with Gasteiger partial charge in [-0.15, -0.1) is 0 Å². The van der Waals surface area contributed by atoms with Gasteiger partial charge in [-0.2, -0.15) is 0 Å². The number of para-hydroxylation sites is 1. The fraction of sp³-hybridized carbons (Fsp3) is 0.500. The number of amides is 1. The molecule has 1 saturated carbocycles. The van der Waals surface area contributed by atoms with Crippen LogP contribution in [0.15, 0.2) is 35.1 Å². The Bertz CT molecular complexity index is 914. The third-order valence-corrected chi connectivity index (χ3v) is 6.20. The van der Waals surface area contributed by atoms with Crippen LogP contribution in [0.5, 0.6) is 0 Å². The molecule has 0 unspecified atom stereocenters. The Morgan fingerprint density at radius 3 is 2.55 bits per heavy atom. The molecule has 1 aromatic carbocycles. The number of carbonyl (C=O) groups excluding carboxylic acids is 1. The number of aryl methyl sites for hydroxylation is 1. The number of halogens is 1. The van der Waals surface area contributed by atoms with Crippen molar-refractivity contribution in [1.82, 2.24) is 4.57 Å². The van der Waals surface area contributed by atoms with Gasteiger partial charge in [0.1, 0.15) is 5.56 Å². The summed E-state index contributed by atoms with van der Waals surface area (Å²) in [4.78, 5) is 26.1. The van der Waals surface area contributed by atoms with E-state index in [9.17, 15) is 9.59 Å². The second-order valence-corrected chi connectivity index (χ2v) is 8.38. The minimum Gasteiger partial charge on any atom is -0.347 e. The fourth-order valence-electron chi connectivity index (χ4n) is 4.39. The van der Waals surface area contributed by atoms with Gasteiger partial charge in [0.25, 0.3) is 5.91 Å². The van der Waals surface area contributed by atoms with Crippen molar-refractivity contribution in [3.05, 3.63) is 62.5 Å².